The first-order valence-electron chi connectivity index (χ1n) is 9.56. The highest BCUT2D eigenvalue weighted by molar-refractivity contribution is 5.41. The molecule has 0 saturated carbocycles. The third-order valence-corrected chi connectivity index (χ3v) is 3.46. The molecule has 25 heavy (non-hydrogen) atoms. The third-order valence-electron chi connectivity index (χ3n) is 3.46. The molecule has 0 fully saturated rings. The molecule has 0 amide bonds. The van der Waals surface area contributed by atoms with Crippen LogP contribution in [0, 0.1) is 65.6 Å². The second-order valence-corrected chi connectivity index (χ2v) is 6.28. The molecule has 0 aromatic rings. The summed E-state index contributed by atoms with van der Waals surface area (Å²) in [4.78, 5) is 0. The van der Waals surface area contributed by atoms with Crippen LogP contribution in [-0.2, 0) is 0 Å². The molecule has 0 aromatic carbocycles. The van der Waals surface area contributed by atoms with Gasteiger partial charge < -0.3 is 0 Å². The van der Waals surface area contributed by atoms with Gasteiger partial charge in [0, 0.05) is 0 Å². The van der Waals surface area contributed by atoms with Crippen molar-refractivity contribution >= 4 is 0 Å². The highest BCUT2D eigenvalue weighted by Crippen LogP contribution is 2.12. The zero-order chi connectivity index (χ0) is 19.0. The lowest BCUT2D eigenvalue weighted by atomic mass is 10.0. The molecule has 0 bridgehead atoms. The Labute approximate surface area is 157 Å². The topological polar surface area (TPSA) is 0 Å². The monoisotopic (exact) mass is 334 g/mol. The van der Waals surface area contributed by atoms with E-state index in [0.717, 1.165) is 5.92 Å². The summed E-state index contributed by atoms with van der Waals surface area (Å²) in [6.45, 7) is 8.64. The molecule has 0 saturated heterocycles. The van der Waals surface area contributed by atoms with Gasteiger partial charge in [0.15, 0.2) is 0 Å². The fraction of sp³-hybridized carbons (Fsp3) is 0.600. The lowest BCUT2D eigenvalue weighted by Gasteiger charge is -2.04. The molecule has 0 spiro atoms. The maximum atomic E-state index is 4.84. The minimum absolute atomic E-state index is 0.902. The van der Waals surface area contributed by atoms with Gasteiger partial charge in [-0.15, -0.1) is 6.42 Å². The number of terminal acetylenes is 1. The van der Waals surface area contributed by atoms with Crippen molar-refractivity contribution in [1.29, 1.82) is 0 Å². The first-order valence-corrected chi connectivity index (χ1v) is 9.56. The lowest BCUT2D eigenvalue weighted by Crippen LogP contribution is -1.87. The molecular formula is C25H34. The van der Waals surface area contributed by atoms with Gasteiger partial charge in [-0.2, -0.15) is 0 Å². The highest BCUT2D eigenvalue weighted by Gasteiger charge is 1.94. The van der Waals surface area contributed by atoms with Crippen LogP contribution in [0.3, 0.4) is 0 Å². The van der Waals surface area contributed by atoms with Crippen LogP contribution in [-0.4, -0.2) is 0 Å². The second-order valence-electron chi connectivity index (χ2n) is 6.28. The number of unbranched alkanes of at least 4 members (excludes halogenated alkanes) is 8. The van der Waals surface area contributed by atoms with Crippen LogP contribution in [0.2, 0.25) is 0 Å². The van der Waals surface area contributed by atoms with Gasteiger partial charge in [-0.3, -0.25) is 0 Å². The fourth-order valence-electron chi connectivity index (χ4n) is 2.12. The van der Waals surface area contributed by atoms with Gasteiger partial charge in [0.05, 0.1) is 0 Å². The van der Waals surface area contributed by atoms with E-state index in [1.807, 2.05) is 0 Å². The van der Waals surface area contributed by atoms with Crippen LogP contribution in [0.25, 0.3) is 0 Å². The van der Waals surface area contributed by atoms with Crippen molar-refractivity contribution in [2.45, 2.75) is 91.9 Å². The number of hydrogen-bond acceptors (Lipinski definition) is 0. The molecule has 0 atom stereocenters. The molecule has 0 aliphatic heterocycles. The Hall–Kier alpha value is -2.20. The van der Waals surface area contributed by atoms with Crippen LogP contribution in [0.15, 0.2) is 0 Å². The van der Waals surface area contributed by atoms with Crippen molar-refractivity contribution in [3.8, 4) is 59.7 Å². The van der Waals surface area contributed by atoms with Crippen LogP contribution in [0.5, 0.6) is 0 Å². The van der Waals surface area contributed by atoms with E-state index in [1.165, 1.54) is 64.2 Å². The Morgan fingerprint density at radius 1 is 0.640 bits per heavy atom. The summed E-state index contributed by atoms with van der Waals surface area (Å²) < 4.78 is 0. The minimum Gasteiger partial charge on any atom is -0.106 e. The largest absolute Gasteiger partial charge is 0.106 e. The van der Waals surface area contributed by atoms with E-state index in [0.29, 0.717) is 0 Å². The summed E-state index contributed by atoms with van der Waals surface area (Å²) in [5.74, 6) is 22.9. The molecule has 0 aliphatic carbocycles. The zero-order valence-corrected chi connectivity index (χ0v) is 16.7. The van der Waals surface area contributed by atoms with Crippen LogP contribution in [0.1, 0.15) is 91.9 Å². The quantitative estimate of drug-likeness (QED) is 0.329. The van der Waals surface area contributed by atoms with Crippen molar-refractivity contribution in [3.05, 3.63) is 0 Å². The lowest BCUT2D eigenvalue weighted by molar-refractivity contribution is 0.507. The van der Waals surface area contributed by atoms with E-state index in [4.69, 9.17) is 6.42 Å². The van der Waals surface area contributed by atoms with Gasteiger partial charge in [-0.05, 0) is 60.2 Å². The maximum Gasteiger partial charge on any atom is -0.000000534 e. The Balaban J connectivity index is 0. The Bertz CT molecular complexity index is 567. The van der Waals surface area contributed by atoms with E-state index >= 15 is 0 Å². The highest BCUT2D eigenvalue weighted by atomic mass is 14.0. The van der Waals surface area contributed by atoms with Crippen molar-refractivity contribution in [1.82, 2.24) is 0 Å². The van der Waals surface area contributed by atoms with Gasteiger partial charge in [-0.1, -0.05) is 90.9 Å². The molecule has 0 unspecified atom stereocenters. The Kier molecular flexibility index (Phi) is 24.1. The molecule has 0 aliphatic rings. The van der Waals surface area contributed by atoms with Gasteiger partial charge in [-0.25, -0.2) is 0 Å². The summed E-state index contributed by atoms with van der Waals surface area (Å²) in [5.41, 5.74) is 0. The van der Waals surface area contributed by atoms with Gasteiger partial charge >= 0.3 is 0 Å². The minimum atomic E-state index is 0.902. The average Bonchev–Trinajstić information content (AvgIpc) is 2.60. The van der Waals surface area contributed by atoms with E-state index < -0.39 is 0 Å². The van der Waals surface area contributed by atoms with Crippen molar-refractivity contribution in [2.24, 2.45) is 5.92 Å². The fourth-order valence-corrected chi connectivity index (χ4v) is 2.12. The van der Waals surface area contributed by atoms with Crippen LogP contribution >= 0.6 is 0 Å². The summed E-state index contributed by atoms with van der Waals surface area (Å²) in [6.07, 6.45) is 19.3. The number of rotatable bonds is 10. The average molecular weight is 335 g/mol. The SMILES string of the molecule is C#CC#CC#CC#CC#CC.CCCCCCCCCCCC(C)C. The molecule has 0 rings (SSSR count). The molecule has 134 valence electrons. The van der Waals surface area contributed by atoms with Crippen molar-refractivity contribution in [2.75, 3.05) is 0 Å². The van der Waals surface area contributed by atoms with Crippen LogP contribution in [0.4, 0.5) is 0 Å². The zero-order valence-electron chi connectivity index (χ0n) is 16.7. The van der Waals surface area contributed by atoms with E-state index in [2.05, 4.69) is 74.1 Å². The first-order chi connectivity index (χ1) is 12.2. The second kappa shape index (κ2) is 24.1. The van der Waals surface area contributed by atoms with Crippen molar-refractivity contribution in [3.63, 3.8) is 0 Å². The van der Waals surface area contributed by atoms with Gasteiger partial charge in [0.1, 0.15) is 0 Å². The van der Waals surface area contributed by atoms with Gasteiger partial charge in [0.25, 0.3) is 0 Å². The van der Waals surface area contributed by atoms with Crippen molar-refractivity contribution < 1.29 is 0 Å². The molecule has 0 N–H and O–H groups in total. The Morgan fingerprint density at radius 3 is 1.52 bits per heavy atom. The Morgan fingerprint density at radius 2 is 1.08 bits per heavy atom. The summed E-state index contributed by atoms with van der Waals surface area (Å²) in [6, 6.07) is 0. The molecule has 0 heterocycles. The van der Waals surface area contributed by atoms with E-state index in [9.17, 15) is 0 Å². The molecule has 0 radical (unpaired) electrons. The smallest absolute Gasteiger partial charge is 0.000000534 e. The molecule has 0 heteroatoms. The predicted molar refractivity (Wildman–Crippen MR) is 112 cm³/mol. The van der Waals surface area contributed by atoms with Gasteiger partial charge in [0.2, 0.25) is 0 Å². The van der Waals surface area contributed by atoms with E-state index in [1.54, 1.807) is 6.92 Å². The van der Waals surface area contributed by atoms with Crippen LogP contribution < -0.4 is 0 Å². The number of hydrogen-bond donors (Lipinski definition) is 0. The molecule has 0 nitrogen and oxygen atoms in total. The first kappa shape index (κ1) is 25.0. The molecule has 0 aromatic heterocycles. The van der Waals surface area contributed by atoms with E-state index in [-0.39, 0.29) is 0 Å². The summed E-state index contributed by atoms with van der Waals surface area (Å²) in [7, 11) is 0. The normalized spacial score (nSPS) is 7.84. The maximum absolute atomic E-state index is 4.84. The molecular weight excluding hydrogens is 300 g/mol. The summed E-state index contributed by atoms with van der Waals surface area (Å²) >= 11 is 0. The standard InChI is InChI=1S/C14H30.C11H4/c1-4-5-6-7-8-9-10-11-12-13-14(2)3;1-3-5-7-9-11-10-8-6-4-2/h14H,4-13H2,1-3H3;1H,2H3. The third kappa shape index (κ3) is 30.3. The summed E-state index contributed by atoms with van der Waals surface area (Å²) in [5, 5.41) is 0. The predicted octanol–water partition coefficient (Wildman–Crippen LogP) is 6.22.